The summed E-state index contributed by atoms with van der Waals surface area (Å²) in [7, 11) is 0. The minimum absolute atomic E-state index is 0.102. The molecule has 0 heterocycles. The monoisotopic (exact) mass is 783 g/mol. The molecule has 1 unspecified atom stereocenters. The van der Waals surface area contributed by atoms with Gasteiger partial charge in [-0.05, 0) is 64.2 Å². The maximum absolute atomic E-state index is 12.7. The number of hydrogen-bond donors (Lipinski definition) is 0. The van der Waals surface area contributed by atoms with E-state index in [0.29, 0.717) is 19.3 Å². The van der Waals surface area contributed by atoms with E-state index < -0.39 is 6.10 Å². The third-order valence-corrected chi connectivity index (χ3v) is 9.78. The van der Waals surface area contributed by atoms with Gasteiger partial charge in [0.1, 0.15) is 13.2 Å². The molecule has 0 N–H and O–H groups in total. The van der Waals surface area contributed by atoms with Crippen molar-refractivity contribution in [2.45, 2.75) is 226 Å². The molecule has 0 rings (SSSR count). The number of ether oxygens (including phenoxy) is 3. The van der Waals surface area contributed by atoms with Crippen LogP contribution in [0.25, 0.3) is 0 Å². The second kappa shape index (κ2) is 44.8. The molecule has 0 fully saturated rings. The first-order chi connectivity index (χ1) is 27.5. The standard InChI is InChI=1S/C50H86O6/c1-4-7-10-13-16-19-22-23-24-25-26-29-31-34-37-40-43-49(52)55-46-47(56-50(53)44-41-38-35-32-28-21-18-15-12-9-6-3)45-54-48(51)42-39-36-33-30-27-20-17-14-11-8-5-2/h9,12,14,17-18,20-21,27,32,35,47H,4-8,10-11,13,15-16,19,22-26,28-31,33-34,36-46H2,1-3H3/b12-9-,17-14-,21-18-,27-20-,35-32-. The van der Waals surface area contributed by atoms with Crippen LogP contribution in [0.4, 0.5) is 0 Å². The fourth-order valence-electron chi connectivity index (χ4n) is 6.27. The molecule has 0 aromatic carbocycles. The lowest BCUT2D eigenvalue weighted by atomic mass is 10.0. The van der Waals surface area contributed by atoms with Gasteiger partial charge in [-0.25, -0.2) is 0 Å². The molecule has 6 heteroatoms. The van der Waals surface area contributed by atoms with Gasteiger partial charge in [-0.2, -0.15) is 0 Å². The van der Waals surface area contributed by atoms with Gasteiger partial charge in [0.15, 0.2) is 6.10 Å². The Hall–Kier alpha value is -2.89. The van der Waals surface area contributed by atoms with Gasteiger partial charge >= 0.3 is 17.9 Å². The van der Waals surface area contributed by atoms with Crippen molar-refractivity contribution in [2.75, 3.05) is 13.2 Å². The van der Waals surface area contributed by atoms with E-state index in [1.165, 1.54) is 96.3 Å². The van der Waals surface area contributed by atoms with E-state index in [1.807, 2.05) is 0 Å². The zero-order chi connectivity index (χ0) is 40.8. The van der Waals surface area contributed by atoms with E-state index in [9.17, 15) is 14.4 Å². The van der Waals surface area contributed by atoms with E-state index in [2.05, 4.69) is 81.5 Å². The summed E-state index contributed by atoms with van der Waals surface area (Å²) >= 11 is 0. The molecule has 0 aromatic rings. The van der Waals surface area contributed by atoms with Crippen molar-refractivity contribution in [3.05, 3.63) is 60.8 Å². The number of unbranched alkanes of at least 4 members (excludes halogenated alkanes) is 21. The van der Waals surface area contributed by atoms with Crippen LogP contribution in [0, 0.1) is 0 Å². The van der Waals surface area contributed by atoms with Crippen LogP contribution >= 0.6 is 0 Å². The summed E-state index contributed by atoms with van der Waals surface area (Å²) in [6.07, 6.45) is 53.6. The van der Waals surface area contributed by atoms with Gasteiger partial charge in [0.05, 0.1) is 0 Å². The zero-order valence-corrected chi connectivity index (χ0v) is 36.6. The van der Waals surface area contributed by atoms with Crippen molar-refractivity contribution in [3.8, 4) is 0 Å². The van der Waals surface area contributed by atoms with Crippen LogP contribution in [0.3, 0.4) is 0 Å². The van der Waals surface area contributed by atoms with Gasteiger partial charge in [-0.1, -0.05) is 197 Å². The van der Waals surface area contributed by atoms with Crippen LogP contribution in [0.2, 0.25) is 0 Å². The summed E-state index contributed by atoms with van der Waals surface area (Å²) in [6.45, 7) is 6.39. The number of carbonyl (C=O) groups is 3. The second-order valence-electron chi connectivity index (χ2n) is 15.3. The van der Waals surface area contributed by atoms with Crippen LogP contribution in [-0.2, 0) is 28.6 Å². The van der Waals surface area contributed by atoms with E-state index in [0.717, 1.165) is 77.0 Å². The molecule has 322 valence electrons. The molecule has 0 amide bonds. The summed E-state index contributed by atoms with van der Waals surface area (Å²) in [5, 5.41) is 0. The summed E-state index contributed by atoms with van der Waals surface area (Å²) in [5.41, 5.74) is 0. The van der Waals surface area contributed by atoms with E-state index in [4.69, 9.17) is 14.2 Å². The predicted octanol–water partition coefficient (Wildman–Crippen LogP) is 14.9. The molecular formula is C50H86O6. The molecule has 0 aromatic heterocycles. The Balaban J connectivity index is 4.41. The van der Waals surface area contributed by atoms with E-state index >= 15 is 0 Å². The van der Waals surface area contributed by atoms with Gasteiger partial charge in [0, 0.05) is 19.3 Å². The largest absolute Gasteiger partial charge is 0.462 e. The Morgan fingerprint density at radius 3 is 1.29 bits per heavy atom. The fourth-order valence-corrected chi connectivity index (χ4v) is 6.27. The number of allylic oxidation sites excluding steroid dienone is 10. The first kappa shape index (κ1) is 53.1. The number of esters is 3. The van der Waals surface area contributed by atoms with Crippen LogP contribution in [0.1, 0.15) is 220 Å². The van der Waals surface area contributed by atoms with E-state index in [1.54, 1.807) is 0 Å². The van der Waals surface area contributed by atoms with Gasteiger partial charge in [0.2, 0.25) is 0 Å². The second-order valence-corrected chi connectivity index (χ2v) is 15.3. The quantitative estimate of drug-likeness (QED) is 0.0202. The van der Waals surface area contributed by atoms with Crippen molar-refractivity contribution in [1.82, 2.24) is 0 Å². The highest BCUT2D eigenvalue weighted by Crippen LogP contribution is 2.15. The average Bonchev–Trinajstić information content (AvgIpc) is 3.19. The van der Waals surface area contributed by atoms with Crippen molar-refractivity contribution in [1.29, 1.82) is 0 Å². The van der Waals surface area contributed by atoms with Gasteiger partial charge < -0.3 is 14.2 Å². The third-order valence-electron chi connectivity index (χ3n) is 9.78. The lowest BCUT2D eigenvalue weighted by molar-refractivity contribution is -0.167. The van der Waals surface area contributed by atoms with Crippen molar-refractivity contribution in [2.24, 2.45) is 0 Å². The highest BCUT2D eigenvalue weighted by Gasteiger charge is 2.19. The third kappa shape index (κ3) is 42.3. The Kier molecular flexibility index (Phi) is 42.5. The molecule has 0 aliphatic heterocycles. The van der Waals surface area contributed by atoms with Crippen LogP contribution < -0.4 is 0 Å². The highest BCUT2D eigenvalue weighted by molar-refractivity contribution is 5.71. The molecule has 0 aliphatic carbocycles. The molecule has 1 atom stereocenters. The van der Waals surface area contributed by atoms with Gasteiger partial charge in [-0.3, -0.25) is 14.4 Å². The van der Waals surface area contributed by atoms with Crippen LogP contribution in [0.5, 0.6) is 0 Å². The van der Waals surface area contributed by atoms with Crippen molar-refractivity contribution in [3.63, 3.8) is 0 Å². The summed E-state index contributed by atoms with van der Waals surface area (Å²) in [6, 6.07) is 0. The molecular weight excluding hydrogens is 697 g/mol. The maximum Gasteiger partial charge on any atom is 0.306 e. The number of rotatable bonds is 41. The Morgan fingerprint density at radius 1 is 0.393 bits per heavy atom. The summed E-state index contributed by atoms with van der Waals surface area (Å²) in [4.78, 5) is 37.7. The molecule has 0 spiro atoms. The highest BCUT2D eigenvalue weighted by atomic mass is 16.6. The lowest BCUT2D eigenvalue weighted by Gasteiger charge is -2.18. The molecule has 6 nitrogen and oxygen atoms in total. The van der Waals surface area contributed by atoms with Crippen LogP contribution in [-0.4, -0.2) is 37.2 Å². The number of hydrogen-bond acceptors (Lipinski definition) is 6. The molecule has 56 heavy (non-hydrogen) atoms. The normalized spacial score (nSPS) is 12.6. The molecule has 0 saturated heterocycles. The minimum atomic E-state index is -0.806. The number of carbonyl (C=O) groups excluding carboxylic acids is 3. The predicted molar refractivity (Wildman–Crippen MR) is 238 cm³/mol. The minimum Gasteiger partial charge on any atom is -0.462 e. The molecule has 0 radical (unpaired) electrons. The molecule has 0 saturated carbocycles. The first-order valence-corrected chi connectivity index (χ1v) is 23.3. The maximum atomic E-state index is 12.7. The summed E-state index contributed by atoms with van der Waals surface area (Å²) < 4.78 is 16.6. The summed E-state index contributed by atoms with van der Waals surface area (Å²) in [5.74, 6) is -0.988. The van der Waals surface area contributed by atoms with Gasteiger partial charge in [0.25, 0.3) is 0 Å². The van der Waals surface area contributed by atoms with E-state index in [-0.39, 0.29) is 37.5 Å². The van der Waals surface area contributed by atoms with Gasteiger partial charge in [-0.15, -0.1) is 0 Å². The Labute approximate surface area is 345 Å². The van der Waals surface area contributed by atoms with Crippen molar-refractivity contribution >= 4 is 17.9 Å². The Bertz CT molecular complexity index is 1040. The first-order valence-electron chi connectivity index (χ1n) is 23.3. The fraction of sp³-hybridized carbons (Fsp3) is 0.740. The van der Waals surface area contributed by atoms with Crippen molar-refractivity contribution < 1.29 is 28.6 Å². The SMILES string of the molecule is CC/C=C\C/C=C\C/C=C\CCCC(=O)OC(COC(=O)CCCCC/C=C\C=C/CCCC)COC(=O)CCCCCCCCCCCCCCCCCC. The smallest absolute Gasteiger partial charge is 0.306 e. The molecule has 0 aliphatic rings. The Morgan fingerprint density at radius 2 is 0.786 bits per heavy atom. The zero-order valence-electron chi connectivity index (χ0n) is 36.6. The average molecular weight is 783 g/mol. The van der Waals surface area contributed by atoms with Crippen LogP contribution in [0.15, 0.2) is 60.8 Å². The molecule has 0 bridgehead atoms. The topological polar surface area (TPSA) is 78.9 Å². The lowest BCUT2D eigenvalue weighted by Crippen LogP contribution is -2.30.